The maximum absolute atomic E-state index is 13.2. The summed E-state index contributed by atoms with van der Waals surface area (Å²) in [7, 11) is 0. The second-order valence-electron chi connectivity index (χ2n) is 8.69. The van der Waals surface area contributed by atoms with Crippen LogP contribution in [0.4, 0.5) is 5.69 Å². The Morgan fingerprint density at radius 3 is 2.33 bits per heavy atom. The zero-order valence-corrected chi connectivity index (χ0v) is 19.3. The first kappa shape index (κ1) is 23.9. The van der Waals surface area contributed by atoms with Crippen LogP contribution in [0, 0.1) is 16.7 Å². The highest BCUT2D eigenvalue weighted by atomic mass is 16.2. The molecule has 2 atom stereocenters. The Kier molecular flexibility index (Phi) is 8.04. The molecule has 1 aromatic rings. The molecule has 0 radical (unpaired) electrons. The summed E-state index contributed by atoms with van der Waals surface area (Å²) in [6.07, 6.45) is 11.5. The van der Waals surface area contributed by atoms with Crippen LogP contribution >= 0.6 is 0 Å². The molecule has 5 heteroatoms. The van der Waals surface area contributed by atoms with Crippen LogP contribution < -0.4 is 21.9 Å². The molecule has 0 fully saturated rings. The number of anilines is 1. The summed E-state index contributed by atoms with van der Waals surface area (Å²) in [5.74, 6) is 5.65. The maximum atomic E-state index is 13.2. The highest BCUT2D eigenvalue weighted by Crippen LogP contribution is 2.50. The lowest BCUT2D eigenvalue weighted by molar-refractivity contribution is -0.128. The van der Waals surface area contributed by atoms with E-state index in [0.29, 0.717) is 5.92 Å². The lowest BCUT2D eigenvalue weighted by Crippen LogP contribution is -2.45. The average molecular weight is 411 g/mol. The monoisotopic (exact) mass is 410 g/mol. The molecule has 2 aliphatic rings. The summed E-state index contributed by atoms with van der Waals surface area (Å²) in [6, 6.07) is 8.24. The van der Waals surface area contributed by atoms with Gasteiger partial charge in [0.2, 0.25) is 5.91 Å². The number of carbonyl (C=O) groups excluding carboxylic acids is 1. The third kappa shape index (κ3) is 4.85. The van der Waals surface area contributed by atoms with Gasteiger partial charge in [-0.15, -0.1) is 0 Å². The van der Waals surface area contributed by atoms with Crippen LogP contribution in [0.2, 0.25) is 0 Å². The Morgan fingerprint density at radius 2 is 1.70 bits per heavy atom. The van der Waals surface area contributed by atoms with Gasteiger partial charge in [0.05, 0.1) is 11.5 Å². The molecule has 0 aromatic heterocycles. The summed E-state index contributed by atoms with van der Waals surface area (Å²) >= 11 is 0. The number of nitrogens with one attached hydrogen (secondary N) is 3. The van der Waals surface area contributed by atoms with Gasteiger partial charge in [0.1, 0.15) is 0 Å². The first-order chi connectivity index (χ1) is 14.3. The van der Waals surface area contributed by atoms with Crippen molar-refractivity contribution in [2.75, 3.05) is 11.9 Å². The number of hydrogen-bond acceptors (Lipinski definition) is 4. The number of amides is 1. The predicted molar refractivity (Wildman–Crippen MR) is 127 cm³/mol. The van der Waals surface area contributed by atoms with E-state index in [9.17, 15) is 4.79 Å². The standard InChI is InChI=1S/C23H32N4O.C2H6/c1-22(2,19-15-25-20-8-6-5-7-18(19)20)23(3,4)21(28)27-17-11-9-16(10-12-17)13-14-26-24;1-2/h5-12,15,18,20,25-26H,13-14,24H2,1-4H3,(H,27,28);1-2H3. The van der Waals surface area contributed by atoms with Crippen molar-refractivity contribution in [3.05, 3.63) is 65.9 Å². The number of hydrazine groups is 1. The lowest BCUT2D eigenvalue weighted by atomic mass is 9.60. The van der Waals surface area contributed by atoms with Gasteiger partial charge < -0.3 is 10.6 Å². The predicted octanol–water partition coefficient (Wildman–Crippen LogP) is 4.31. The van der Waals surface area contributed by atoms with Gasteiger partial charge in [-0.3, -0.25) is 16.1 Å². The largest absolute Gasteiger partial charge is 0.384 e. The molecule has 1 aliphatic heterocycles. The molecule has 5 N–H and O–H groups in total. The molecule has 1 amide bonds. The van der Waals surface area contributed by atoms with E-state index in [0.717, 1.165) is 18.7 Å². The van der Waals surface area contributed by atoms with Gasteiger partial charge in [-0.25, -0.2) is 0 Å². The normalized spacial score (nSPS) is 19.9. The van der Waals surface area contributed by atoms with E-state index in [4.69, 9.17) is 5.84 Å². The van der Waals surface area contributed by atoms with Crippen LogP contribution in [0.1, 0.15) is 47.1 Å². The van der Waals surface area contributed by atoms with Crippen molar-refractivity contribution in [2.24, 2.45) is 22.6 Å². The van der Waals surface area contributed by atoms with Crippen molar-refractivity contribution in [1.82, 2.24) is 10.7 Å². The second kappa shape index (κ2) is 10.1. The smallest absolute Gasteiger partial charge is 0.230 e. The summed E-state index contributed by atoms with van der Waals surface area (Å²) < 4.78 is 0. The first-order valence-electron chi connectivity index (χ1n) is 10.9. The van der Waals surface area contributed by atoms with Crippen molar-refractivity contribution in [3.63, 3.8) is 0 Å². The molecule has 2 unspecified atom stereocenters. The molecule has 164 valence electrons. The fourth-order valence-electron chi connectivity index (χ4n) is 3.85. The number of allylic oxidation sites excluding steroid dienone is 2. The molecule has 30 heavy (non-hydrogen) atoms. The van der Waals surface area contributed by atoms with Gasteiger partial charge >= 0.3 is 0 Å². The molecule has 1 aliphatic carbocycles. The minimum absolute atomic E-state index is 0.0218. The quantitative estimate of drug-likeness (QED) is 0.399. The molecule has 0 saturated heterocycles. The van der Waals surface area contributed by atoms with Gasteiger partial charge in [0.25, 0.3) is 0 Å². The topological polar surface area (TPSA) is 79.2 Å². The van der Waals surface area contributed by atoms with E-state index in [1.807, 2.05) is 52.0 Å². The van der Waals surface area contributed by atoms with E-state index in [1.54, 1.807) is 0 Å². The van der Waals surface area contributed by atoms with Crippen molar-refractivity contribution in [3.8, 4) is 0 Å². The molecule has 5 nitrogen and oxygen atoms in total. The van der Waals surface area contributed by atoms with E-state index in [1.165, 1.54) is 11.1 Å². The van der Waals surface area contributed by atoms with Crippen LogP contribution in [0.5, 0.6) is 0 Å². The number of hydrogen-bond donors (Lipinski definition) is 4. The van der Waals surface area contributed by atoms with Gasteiger partial charge in [-0.1, -0.05) is 78.0 Å². The number of nitrogens with two attached hydrogens (primary N) is 1. The highest BCUT2D eigenvalue weighted by molar-refractivity contribution is 5.95. The summed E-state index contributed by atoms with van der Waals surface area (Å²) in [5, 5.41) is 6.56. The molecule has 3 rings (SSSR count). The Bertz CT molecular complexity index is 803. The second-order valence-corrected chi connectivity index (χ2v) is 8.69. The number of rotatable bonds is 7. The fraction of sp³-hybridized carbons (Fsp3) is 0.480. The van der Waals surface area contributed by atoms with Gasteiger partial charge in [-0.05, 0) is 35.9 Å². The minimum atomic E-state index is -0.591. The first-order valence-corrected chi connectivity index (χ1v) is 10.9. The van der Waals surface area contributed by atoms with E-state index >= 15 is 0 Å². The zero-order chi connectivity index (χ0) is 22.4. The SMILES string of the molecule is CC.CC(C)(C(=O)Nc1ccc(CCNN)cc1)C(C)(C)C1=CNC2C=CC=CC12. The maximum Gasteiger partial charge on any atom is 0.230 e. The van der Waals surface area contributed by atoms with E-state index in [-0.39, 0.29) is 17.4 Å². The Balaban J connectivity index is 0.00000155. The molecule has 0 saturated carbocycles. The van der Waals surface area contributed by atoms with E-state index in [2.05, 4.69) is 60.4 Å². The Labute approximate surface area is 181 Å². The molecular formula is C25H38N4O. The third-order valence-electron chi connectivity index (χ3n) is 6.55. The van der Waals surface area contributed by atoms with Crippen LogP contribution in [0.25, 0.3) is 0 Å². The van der Waals surface area contributed by atoms with Crippen molar-refractivity contribution in [1.29, 1.82) is 0 Å². The van der Waals surface area contributed by atoms with Crippen LogP contribution in [0.3, 0.4) is 0 Å². The summed E-state index contributed by atoms with van der Waals surface area (Å²) in [6.45, 7) is 13.1. The molecular weight excluding hydrogens is 372 g/mol. The number of benzene rings is 1. The Hall–Kier alpha value is -2.37. The fourth-order valence-corrected chi connectivity index (χ4v) is 3.85. The molecule has 0 bridgehead atoms. The van der Waals surface area contributed by atoms with Crippen molar-refractivity contribution < 1.29 is 4.79 Å². The molecule has 1 heterocycles. The number of fused-ring (bicyclic) bond motifs is 1. The Morgan fingerprint density at radius 1 is 1.07 bits per heavy atom. The highest BCUT2D eigenvalue weighted by Gasteiger charge is 2.49. The minimum Gasteiger partial charge on any atom is -0.384 e. The van der Waals surface area contributed by atoms with Gasteiger partial charge in [-0.2, -0.15) is 0 Å². The van der Waals surface area contributed by atoms with Gasteiger partial charge in [0, 0.05) is 23.6 Å². The van der Waals surface area contributed by atoms with Crippen LogP contribution in [0.15, 0.2) is 60.3 Å². The van der Waals surface area contributed by atoms with Crippen molar-refractivity contribution >= 4 is 11.6 Å². The van der Waals surface area contributed by atoms with Crippen LogP contribution in [-0.2, 0) is 11.2 Å². The summed E-state index contributed by atoms with van der Waals surface area (Å²) in [5.41, 5.74) is 5.02. The van der Waals surface area contributed by atoms with Gasteiger partial charge in [0.15, 0.2) is 0 Å². The van der Waals surface area contributed by atoms with Crippen molar-refractivity contribution in [2.45, 2.75) is 54.0 Å². The number of carbonyl (C=O) groups is 1. The third-order valence-corrected chi connectivity index (χ3v) is 6.55. The zero-order valence-electron chi connectivity index (χ0n) is 19.3. The van der Waals surface area contributed by atoms with Crippen LogP contribution in [-0.4, -0.2) is 18.5 Å². The molecule has 0 spiro atoms. The average Bonchev–Trinajstić information content (AvgIpc) is 3.19. The lowest BCUT2D eigenvalue weighted by Gasteiger charge is -2.43. The summed E-state index contributed by atoms with van der Waals surface area (Å²) in [4.78, 5) is 13.2. The van der Waals surface area contributed by atoms with E-state index < -0.39 is 5.41 Å². The molecule has 1 aromatic carbocycles.